The van der Waals surface area contributed by atoms with Crippen LogP contribution in [-0.4, -0.2) is 54.3 Å². The van der Waals surface area contributed by atoms with Crippen molar-refractivity contribution >= 4 is 17.8 Å². The van der Waals surface area contributed by atoms with E-state index in [-0.39, 0.29) is 61.5 Å². The monoisotopic (exact) mass is 433 g/mol. The second-order valence-corrected chi connectivity index (χ2v) is 7.67. The predicted molar refractivity (Wildman–Crippen MR) is 103 cm³/mol. The van der Waals surface area contributed by atoms with Crippen LogP contribution in [0.25, 0.3) is 0 Å². The third-order valence-corrected chi connectivity index (χ3v) is 4.84. The van der Waals surface area contributed by atoms with Gasteiger partial charge in [-0.3, -0.25) is 9.59 Å². The fraction of sp³-hybridized carbons (Fsp3) is 0.700. The van der Waals surface area contributed by atoms with E-state index < -0.39 is 29.2 Å². The fourth-order valence-corrected chi connectivity index (χ4v) is 2.98. The van der Waals surface area contributed by atoms with Gasteiger partial charge < -0.3 is 29.3 Å². The van der Waals surface area contributed by atoms with Crippen molar-refractivity contribution in [1.29, 1.82) is 0 Å². The molecule has 0 aromatic carbocycles. The largest absolute Gasteiger partial charge is 1.00 e. The number of nitrogens with zero attached hydrogens (tertiary/aromatic N) is 2. The summed E-state index contributed by atoms with van der Waals surface area (Å²) in [6, 6.07) is 0. The van der Waals surface area contributed by atoms with Gasteiger partial charge in [0.2, 0.25) is 5.91 Å². The van der Waals surface area contributed by atoms with Gasteiger partial charge in [-0.1, -0.05) is 20.8 Å². The molecule has 1 amide bonds. The van der Waals surface area contributed by atoms with Gasteiger partial charge in [0.15, 0.2) is 0 Å². The van der Waals surface area contributed by atoms with Gasteiger partial charge in [-0.15, -0.1) is 0 Å². The van der Waals surface area contributed by atoms with Crippen molar-refractivity contribution in [2.45, 2.75) is 46.6 Å². The van der Waals surface area contributed by atoms with Crippen molar-refractivity contribution in [3.63, 3.8) is 0 Å². The third kappa shape index (κ3) is 10.1. The summed E-state index contributed by atoms with van der Waals surface area (Å²) >= 11 is 0. The quantitative estimate of drug-likeness (QED) is 0.194. The maximum absolute atomic E-state index is 12.6. The number of hydrogen-bond donors (Lipinski definition) is 1. The van der Waals surface area contributed by atoms with E-state index in [4.69, 9.17) is 9.47 Å². The molecule has 1 rings (SSSR count). The van der Waals surface area contributed by atoms with Crippen molar-refractivity contribution < 1.29 is 58.5 Å². The Hall–Kier alpha value is -1.42. The molecule has 0 radical (unpaired) electrons. The molecule has 1 aromatic rings. The molecule has 0 aliphatic carbocycles. The molecule has 1 N–H and O–H groups in total. The second-order valence-electron chi connectivity index (χ2n) is 7.67. The van der Waals surface area contributed by atoms with E-state index in [2.05, 4.69) is 10.3 Å². The number of rotatable bonds is 14. The van der Waals surface area contributed by atoms with Gasteiger partial charge in [0.25, 0.3) is 0 Å². The number of carboxylic acids is 1. The first kappa shape index (κ1) is 28.6. The normalized spacial score (nSPS) is 13.1. The molecule has 0 saturated carbocycles. The molecule has 1 aromatic heterocycles. The summed E-state index contributed by atoms with van der Waals surface area (Å²) in [5.41, 5.74) is -1.22. The van der Waals surface area contributed by atoms with Crippen LogP contribution in [0, 0.1) is 17.3 Å². The zero-order chi connectivity index (χ0) is 21.9. The van der Waals surface area contributed by atoms with Gasteiger partial charge in [-0.05, 0) is 19.3 Å². The van der Waals surface area contributed by atoms with Crippen molar-refractivity contribution in [2.75, 3.05) is 26.9 Å². The van der Waals surface area contributed by atoms with E-state index in [0.717, 1.165) is 0 Å². The topological polar surface area (TPSA) is 123 Å². The second kappa shape index (κ2) is 14.6. The maximum Gasteiger partial charge on any atom is 1.00 e. The number of nitrogens with one attached hydrogen (secondary N) is 1. The Bertz CT molecular complexity index is 651. The van der Waals surface area contributed by atoms with Crippen LogP contribution in [0.4, 0.5) is 0 Å². The number of carbonyl (C=O) groups is 3. The molecule has 2 atom stereocenters. The van der Waals surface area contributed by atoms with E-state index in [0.29, 0.717) is 19.5 Å². The molecule has 0 aliphatic heterocycles. The molecule has 9 nitrogen and oxygen atoms in total. The molecular weight excluding hydrogens is 401 g/mol. The number of amides is 1. The molecule has 10 heteroatoms. The number of ether oxygens (including phenoxy) is 2. The van der Waals surface area contributed by atoms with Gasteiger partial charge in [0, 0.05) is 49.9 Å². The van der Waals surface area contributed by atoms with Crippen LogP contribution in [0.3, 0.4) is 0 Å². The molecule has 0 spiro atoms. The van der Waals surface area contributed by atoms with Crippen LogP contribution in [-0.2, 0) is 30.4 Å². The Labute approximate surface area is 200 Å². The predicted octanol–water partition coefficient (Wildman–Crippen LogP) is -2.61. The molecule has 0 fully saturated rings. The molecule has 2 unspecified atom stereocenters. The fourth-order valence-electron chi connectivity index (χ4n) is 2.98. The number of esters is 1. The molecule has 0 bridgehead atoms. The minimum atomic E-state index is -1.25. The van der Waals surface area contributed by atoms with E-state index in [1.54, 1.807) is 18.7 Å². The first-order valence-corrected chi connectivity index (χ1v) is 9.81. The summed E-state index contributed by atoms with van der Waals surface area (Å²) in [4.78, 5) is 40.5. The van der Waals surface area contributed by atoms with Gasteiger partial charge in [-0.25, -0.2) is 4.98 Å². The SMILES string of the molecule is CCC(CC(CC(C)(C)C(=O)[O-])C(=O)OCCOC)C(=O)NCCn1ccnc1.[Na+]. The van der Waals surface area contributed by atoms with Crippen LogP contribution in [0.1, 0.15) is 40.0 Å². The molecule has 164 valence electrons. The number of hydrogen-bond acceptors (Lipinski definition) is 7. The summed E-state index contributed by atoms with van der Waals surface area (Å²) in [5.74, 6) is -3.11. The Kier molecular flexibility index (Phi) is 13.9. The first-order chi connectivity index (χ1) is 13.7. The van der Waals surface area contributed by atoms with Crippen molar-refractivity contribution in [2.24, 2.45) is 17.3 Å². The van der Waals surface area contributed by atoms with E-state index in [1.165, 1.54) is 21.0 Å². The molecule has 0 saturated heterocycles. The summed E-state index contributed by atoms with van der Waals surface area (Å²) < 4.78 is 11.9. The summed E-state index contributed by atoms with van der Waals surface area (Å²) in [5, 5.41) is 14.3. The Morgan fingerprint density at radius 2 is 1.93 bits per heavy atom. The van der Waals surface area contributed by atoms with Gasteiger partial charge in [-0.2, -0.15) is 0 Å². The van der Waals surface area contributed by atoms with Crippen LogP contribution in [0.5, 0.6) is 0 Å². The van der Waals surface area contributed by atoms with Gasteiger partial charge >= 0.3 is 35.5 Å². The van der Waals surface area contributed by atoms with Crippen molar-refractivity contribution in [1.82, 2.24) is 14.9 Å². The van der Waals surface area contributed by atoms with Crippen LogP contribution in [0.2, 0.25) is 0 Å². The van der Waals surface area contributed by atoms with Gasteiger partial charge in [0.1, 0.15) is 6.61 Å². The average molecular weight is 433 g/mol. The number of carboxylic acid groups (broad SMARTS) is 1. The minimum absolute atomic E-state index is 0. The zero-order valence-corrected chi connectivity index (χ0v) is 20.7. The maximum atomic E-state index is 12.6. The van der Waals surface area contributed by atoms with Crippen LogP contribution >= 0.6 is 0 Å². The number of methoxy groups -OCH3 is 1. The first-order valence-electron chi connectivity index (χ1n) is 9.81. The Morgan fingerprint density at radius 3 is 2.47 bits per heavy atom. The summed E-state index contributed by atoms with van der Waals surface area (Å²) in [6.07, 6.45) is 5.88. The van der Waals surface area contributed by atoms with Crippen LogP contribution in [0.15, 0.2) is 18.7 Å². The number of aromatic nitrogens is 2. The number of imidazole rings is 1. The standard InChI is InChI=1S/C20H33N3O6.Na/c1-5-15(17(24)22-7-9-23-8-6-21-14-23)12-16(13-20(2,3)19(26)27)18(25)29-11-10-28-4;/h6,8,14-16H,5,7,9-13H2,1-4H3,(H,22,24)(H,26,27);/q;+1/p-1. The average Bonchev–Trinajstić information content (AvgIpc) is 3.18. The zero-order valence-electron chi connectivity index (χ0n) is 18.7. The Morgan fingerprint density at radius 1 is 1.23 bits per heavy atom. The van der Waals surface area contributed by atoms with E-state index >= 15 is 0 Å². The minimum Gasteiger partial charge on any atom is -0.550 e. The summed E-state index contributed by atoms with van der Waals surface area (Å²) in [6.45, 7) is 6.20. The van der Waals surface area contributed by atoms with Crippen molar-refractivity contribution in [3.05, 3.63) is 18.7 Å². The third-order valence-electron chi connectivity index (χ3n) is 4.84. The smallest absolute Gasteiger partial charge is 0.550 e. The number of carbonyl (C=O) groups excluding carboxylic acids is 3. The van der Waals surface area contributed by atoms with Crippen molar-refractivity contribution in [3.8, 4) is 0 Å². The summed E-state index contributed by atoms with van der Waals surface area (Å²) in [7, 11) is 1.49. The molecular formula is C20H32N3NaO6. The van der Waals surface area contributed by atoms with Crippen LogP contribution < -0.4 is 40.0 Å². The number of aliphatic carboxylic acids is 1. The van der Waals surface area contributed by atoms with Gasteiger partial charge in [0.05, 0.1) is 18.9 Å². The molecule has 0 aliphatic rings. The van der Waals surface area contributed by atoms with E-state index in [1.807, 2.05) is 11.5 Å². The Balaban J connectivity index is 0.00000841. The molecule has 30 heavy (non-hydrogen) atoms. The molecule has 1 heterocycles. The van der Waals surface area contributed by atoms with E-state index in [9.17, 15) is 19.5 Å².